The van der Waals surface area contributed by atoms with Crippen molar-refractivity contribution >= 4 is 35.0 Å². The van der Waals surface area contributed by atoms with Gasteiger partial charge in [0.25, 0.3) is 0 Å². The molecule has 1 heterocycles. The maximum atomic E-state index is 6.10. The smallest absolute Gasteiger partial charge is 0.249 e. The van der Waals surface area contributed by atoms with Gasteiger partial charge in [0.05, 0.1) is 16.3 Å². The highest BCUT2D eigenvalue weighted by Crippen LogP contribution is 2.29. The molecule has 0 aliphatic carbocycles. The van der Waals surface area contributed by atoms with E-state index in [0.29, 0.717) is 33.3 Å². The molecule has 0 bridgehead atoms. The van der Waals surface area contributed by atoms with Crippen LogP contribution in [0.3, 0.4) is 0 Å². The minimum atomic E-state index is 0.432. The van der Waals surface area contributed by atoms with Gasteiger partial charge < -0.3 is 4.42 Å². The highest BCUT2D eigenvalue weighted by molar-refractivity contribution is 7.98. The van der Waals surface area contributed by atoms with Crippen LogP contribution >= 0.6 is 35.0 Å². The highest BCUT2D eigenvalue weighted by Gasteiger charge is 2.12. The van der Waals surface area contributed by atoms with Gasteiger partial charge in [-0.3, -0.25) is 0 Å². The van der Waals surface area contributed by atoms with Gasteiger partial charge in [0, 0.05) is 5.02 Å². The van der Waals surface area contributed by atoms with Gasteiger partial charge in [-0.1, -0.05) is 37.0 Å². The van der Waals surface area contributed by atoms with E-state index < -0.39 is 0 Å². The zero-order valence-corrected chi connectivity index (χ0v) is 13.0. The second kappa shape index (κ2) is 6.64. The second-order valence-electron chi connectivity index (χ2n) is 4.53. The van der Waals surface area contributed by atoms with Crippen LogP contribution in [-0.4, -0.2) is 16.0 Å². The Morgan fingerprint density at radius 2 is 2.05 bits per heavy atom. The minimum Gasteiger partial charge on any atom is -0.420 e. The van der Waals surface area contributed by atoms with Gasteiger partial charge in [-0.15, -0.1) is 10.2 Å². The zero-order valence-electron chi connectivity index (χ0n) is 10.7. The van der Waals surface area contributed by atoms with Crippen LogP contribution < -0.4 is 0 Å². The molecule has 0 fully saturated rings. The van der Waals surface area contributed by atoms with E-state index in [2.05, 4.69) is 24.0 Å². The molecule has 0 N–H and O–H groups in total. The van der Waals surface area contributed by atoms with E-state index in [4.69, 9.17) is 27.6 Å². The van der Waals surface area contributed by atoms with E-state index in [1.54, 1.807) is 30.0 Å². The first kappa shape index (κ1) is 14.7. The van der Waals surface area contributed by atoms with Crippen molar-refractivity contribution in [2.24, 2.45) is 5.92 Å². The molecule has 1 aromatic heterocycles. The molecule has 0 radical (unpaired) electrons. The first-order valence-electron chi connectivity index (χ1n) is 5.92. The fourth-order valence-electron chi connectivity index (χ4n) is 1.47. The van der Waals surface area contributed by atoms with E-state index in [1.165, 1.54) is 0 Å². The monoisotopic (exact) mass is 316 g/mol. The number of halogens is 2. The van der Waals surface area contributed by atoms with Gasteiger partial charge in [0.2, 0.25) is 11.8 Å². The molecule has 0 atom stereocenters. The fraction of sp³-hybridized carbons (Fsp3) is 0.385. The molecule has 0 aliphatic rings. The third-order valence-corrected chi connectivity index (χ3v) is 4.21. The second-order valence-corrected chi connectivity index (χ2v) is 6.41. The van der Waals surface area contributed by atoms with Crippen molar-refractivity contribution in [3.8, 4) is 11.5 Å². The van der Waals surface area contributed by atoms with E-state index in [0.717, 1.165) is 11.5 Å². The summed E-state index contributed by atoms with van der Waals surface area (Å²) in [5.74, 6) is 3.49. The van der Waals surface area contributed by atoms with Crippen molar-refractivity contribution in [1.29, 1.82) is 0 Å². The van der Waals surface area contributed by atoms with Gasteiger partial charge in [-0.25, -0.2) is 0 Å². The lowest BCUT2D eigenvalue weighted by atomic mass is 10.2. The summed E-state index contributed by atoms with van der Waals surface area (Å²) in [6.45, 7) is 4.36. The van der Waals surface area contributed by atoms with Gasteiger partial charge in [-0.05, 0) is 29.9 Å². The van der Waals surface area contributed by atoms with Crippen LogP contribution in [0.1, 0.15) is 19.7 Å². The summed E-state index contributed by atoms with van der Waals surface area (Å²) < 4.78 is 5.60. The van der Waals surface area contributed by atoms with Crippen molar-refractivity contribution in [2.75, 3.05) is 5.75 Å². The Morgan fingerprint density at radius 3 is 2.74 bits per heavy atom. The Balaban J connectivity index is 2.08. The normalized spacial score (nSPS) is 11.2. The van der Waals surface area contributed by atoms with Crippen molar-refractivity contribution in [1.82, 2.24) is 10.2 Å². The molecule has 0 unspecified atom stereocenters. The molecular formula is C13H14Cl2N2OS. The number of aromatic nitrogens is 2. The van der Waals surface area contributed by atoms with Crippen molar-refractivity contribution in [3.05, 3.63) is 34.1 Å². The predicted molar refractivity (Wildman–Crippen MR) is 80.8 cm³/mol. The van der Waals surface area contributed by atoms with Gasteiger partial charge in [0.1, 0.15) is 0 Å². The third kappa shape index (κ3) is 4.13. The van der Waals surface area contributed by atoms with Crippen molar-refractivity contribution < 1.29 is 4.42 Å². The number of hydrogen-bond acceptors (Lipinski definition) is 4. The molecule has 0 spiro atoms. The molecule has 1 aromatic carbocycles. The lowest BCUT2D eigenvalue weighted by Gasteiger charge is -2.01. The van der Waals surface area contributed by atoms with Crippen LogP contribution in [0, 0.1) is 5.92 Å². The third-order valence-electron chi connectivity index (χ3n) is 2.31. The van der Waals surface area contributed by atoms with E-state index in [1.807, 2.05) is 0 Å². The maximum absolute atomic E-state index is 6.10. The number of benzene rings is 1. The highest BCUT2D eigenvalue weighted by atomic mass is 35.5. The zero-order chi connectivity index (χ0) is 13.8. The molecule has 0 saturated heterocycles. The quantitative estimate of drug-likeness (QED) is 0.783. The maximum Gasteiger partial charge on any atom is 0.249 e. The van der Waals surface area contributed by atoms with Crippen LogP contribution in [0.5, 0.6) is 0 Å². The summed E-state index contributed by atoms with van der Waals surface area (Å²) in [6, 6.07) is 5.19. The number of nitrogens with zero attached hydrogens (tertiary/aromatic N) is 2. The van der Waals surface area contributed by atoms with Crippen LogP contribution in [0.15, 0.2) is 22.6 Å². The van der Waals surface area contributed by atoms with Gasteiger partial charge >= 0.3 is 0 Å². The topological polar surface area (TPSA) is 38.9 Å². The summed E-state index contributed by atoms with van der Waals surface area (Å²) >= 11 is 13.7. The minimum absolute atomic E-state index is 0.432. The van der Waals surface area contributed by atoms with Crippen LogP contribution in [-0.2, 0) is 5.75 Å². The Kier molecular flexibility index (Phi) is 5.13. The lowest BCUT2D eigenvalue weighted by molar-refractivity contribution is 0.528. The molecular weight excluding hydrogens is 303 g/mol. The lowest BCUT2D eigenvalue weighted by Crippen LogP contribution is -1.91. The predicted octanol–water partition coefficient (Wildman–Crippen LogP) is 4.93. The van der Waals surface area contributed by atoms with E-state index in [-0.39, 0.29) is 0 Å². The van der Waals surface area contributed by atoms with Crippen LogP contribution in [0.4, 0.5) is 0 Å². The van der Waals surface area contributed by atoms with Crippen molar-refractivity contribution in [2.45, 2.75) is 19.6 Å². The van der Waals surface area contributed by atoms with Gasteiger partial charge in [0.15, 0.2) is 0 Å². The molecule has 0 saturated carbocycles. The summed E-state index contributed by atoms with van der Waals surface area (Å²) in [4.78, 5) is 0. The average Bonchev–Trinajstić information content (AvgIpc) is 2.77. The molecule has 0 amide bonds. The van der Waals surface area contributed by atoms with Crippen LogP contribution in [0.25, 0.3) is 11.5 Å². The summed E-state index contributed by atoms with van der Waals surface area (Å²) in [5.41, 5.74) is 0.707. The molecule has 19 heavy (non-hydrogen) atoms. The first-order valence-corrected chi connectivity index (χ1v) is 7.83. The Labute approximate surface area is 126 Å². The summed E-state index contributed by atoms with van der Waals surface area (Å²) in [7, 11) is 0. The molecule has 2 rings (SSSR count). The molecule has 6 heteroatoms. The first-order chi connectivity index (χ1) is 9.06. The van der Waals surface area contributed by atoms with E-state index in [9.17, 15) is 0 Å². The average molecular weight is 317 g/mol. The number of thioether (sulfide) groups is 1. The molecule has 3 nitrogen and oxygen atoms in total. The SMILES string of the molecule is CC(C)CSCc1nnc(-c2ccc(Cl)cc2Cl)o1. The Hall–Kier alpha value is -0.710. The molecule has 102 valence electrons. The summed E-state index contributed by atoms with van der Waals surface area (Å²) in [6.07, 6.45) is 0. The standard InChI is InChI=1S/C13H14Cl2N2OS/c1-8(2)6-19-7-12-16-17-13(18-12)10-4-3-9(14)5-11(10)15/h3-5,8H,6-7H2,1-2H3. The van der Waals surface area contributed by atoms with Gasteiger partial charge in [-0.2, -0.15) is 11.8 Å². The van der Waals surface area contributed by atoms with Crippen molar-refractivity contribution in [3.63, 3.8) is 0 Å². The number of rotatable bonds is 5. The Morgan fingerprint density at radius 1 is 1.26 bits per heavy atom. The largest absolute Gasteiger partial charge is 0.420 e. The molecule has 2 aromatic rings. The summed E-state index contributed by atoms with van der Waals surface area (Å²) in [5, 5.41) is 9.14. The Bertz CT molecular complexity index is 557. The fourth-order valence-corrected chi connectivity index (χ4v) is 2.84. The number of hydrogen-bond donors (Lipinski definition) is 0. The molecule has 0 aliphatic heterocycles. The van der Waals surface area contributed by atoms with E-state index >= 15 is 0 Å². The van der Waals surface area contributed by atoms with Crippen LogP contribution in [0.2, 0.25) is 10.0 Å².